The molecule has 0 N–H and O–H groups in total. The molecule has 1 aliphatic rings. The standard InChI is InChI=1S/C16H13ClN4O/c1-2-16(6-7-16)14(22)20-13-5-3-4-8-21(13)11-12-9-18-15(17)19-10-12/h1,3-5,8-10H,6-7,11H2. The molecule has 6 heteroatoms. The Labute approximate surface area is 132 Å². The second-order valence-electron chi connectivity index (χ2n) is 5.19. The number of terminal acetylenes is 1. The first-order valence-electron chi connectivity index (χ1n) is 6.82. The molecular weight excluding hydrogens is 300 g/mol. The van der Waals surface area contributed by atoms with Gasteiger partial charge in [-0.1, -0.05) is 12.0 Å². The second-order valence-corrected chi connectivity index (χ2v) is 5.53. The number of pyridine rings is 1. The molecule has 1 saturated carbocycles. The summed E-state index contributed by atoms with van der Waals surface area (Å²) in [6.07, 6.45) is 12.0. The van der Waals surface area contributed by atoms with Gasteiger partial charge in [0, 0.05) is 24.2 Å². The molecule has 0 aromatic carbocycles. The van der Waals surface area contributed by atoms with Gasteiger partial charge in [-0.2, -0.15) is 4.99 Å². The highest BCUT2D eigenvalue weighted by Gasteiger charge is 2.48. The van der Waals surface area contributed by atoms with Crippen LogP contribution in [0.3, 0.4) is 0 Å². The fourth-order valence-corrected chi connectivity index (χ4v) is 2.17. The summed E-state index contributed by atoms with van der Waals surface area (Å²) >= 11 is 5.68. The molecule has 2 heterocycles. The minimum absolute atomic E-state index is 0.201. The Bertz CT molecular complexity index is 813. The summed E-state index contributed by atoms with van der Waals surface area (Å²) in [5.41, 5.74) is 0.739. The minimum Gasteiger partial charge on any atom is -0.328 e. The molecule has 2 aromatic heterocycles. The van der Waals surface area contributed by atoms with Crippen LogP contribution in [0.4, 0.5) is 0 Å². The van der Waals surface area contributed by atoms with Gasteiger partial charge in [-0.25, -0.2) is 9.97 Å². The number of carbonyl (C=O) groups is 1. The van der Waals surface area contributed by atoms with Gasteiger partial charge in [0.2, 0.25) is 5.28 Å². The third-order valence-corrected chi connectivity index (χ3v) is 3.79. The van der Waals surface area contributed by atoms with E-state index >= 15 is 0 Å². The quantitative estimate of drug-likeness (QED) is 0.641. The minimum atomic E-state index is -0.683. The van der Waals surface area contributed by atoms with Crippen molar-refractivity contribution in [3.05, 3.63) is 53.1 Å². The summed E-state index contributed by atoms with van der Waals surface area (Å²) in [5.74, 6) is 2.31. The molecule has 0 aliphatic heterocycles. The van der Waals surface area contributed by atoms with E-state index in [0.717, 1.165) is 5.56 Å². The van der Waals surface area contributed by atoms with Crippen LogP contribution in [0.5, 0.6) is 0 Å². The molecule has 0 atom stereocenters. The molecule has 3 rings (SSSR count). The molecule has 0 bridgehead atoms. The van der Waals surface area contributed by atoms with Gasteiger partial charge >= 0.3 is 0 Å². The molecule has 0 unspecified atom stereocenters. The van der Waals surface area contributed by atoms with Gasteiger partial charge in [0.05, 0.1) is 6.54 Å². The summed E-state index contributed by atoms with van der Waals surface area (Å²) < 4.78 is 1.84. The smallest absolute Gasteiger partial charge is 0.265 e. The molecule has 1 aliphatic carbocycles. The van der Waals surface area contributed by atoms with Crippen molar-refractivity contribution < 1.29 is 4.79 Å². The Morgan fingerprint density at radius 1 is 1.41 bits per heavy atom. The van der Waals surface area contributed by atoms with Crippen LogP contribution in [0.25, 0.3) is 0 Å². The highest BCUT2D eigenvalue weighted by molar-refractivity contribution is 6.28. The third kappa shape index (κ3) is 2.92. The van der Waals surface area contributed by atoms with Gasteiger partial charge in [0.15, 0.2) is 0 Å². The van der Waals surface area contributed by atoms with Crippen molar-refractivity contribution in [2.45, 2.75) is 19.4 Å². The van der Waals surface area contributed by atoms with Crippen molar-refractivity contribution in [3.8, 4) is 12.3 Å². The maximum Gasteiger partial charge on any atom is 0.265 e. The van der Waals surface area contributed by atoms with E-state index in [2.05, 4.69) is 20.9 Å². The van der Waals surface area contributed by atoms with E-state index in [9.17, 15) is 4.79 Å². The topological polar surface area (TPSA) is 60.1 Å². The fourth-order valence-electron chi connectivity index (χ4n) is 2.08. The van der Waals surface area contributed by atoms with E-state index in [1.807, 2.05) is 22.9 Å². The lowest BCUT2D eigenvalue weighted by atomic mass is 10.1. The Morgan fingerprint density at radius 2 is 2.14 bits per heavy atom. The Kier molecular flexibility index (Phi) is 3.78. The maximum atomic E-state index is 12.2. The van der Waals surface area contributed by atoms with Crippen LogP contribution < -0.4 is 5.49 Å². The first-order chi connectivity index (χ1) is 10.6. The molecule has 0 saturated heterocycles. The Morgan fingerprint density at radius 3 is 2.77 bits per heavy atom. The highest BCUT2D eigenvalue weighted by Crippen LogP contribution is 2.45. The molecule has 22 heavy (non-hydrogen) atoms. The van der Waals surface area contributed by atoms with Crippen LogP contribution in [-0.2, 0) is 11.3 Å². The molecule has 110 valence electrons. The molecule has 1 fully saturated rings. The fraction of sp³-hybridized carbons (Fsp3) is 0.250. The molecule has 2 aromatic rings. The average molecular weight is 313 g/mol. The van der Waals surface area contributed by atoms with Gasteiger partial charge < -0.3 is 4.57 Å². The van der Waals surface area contributed by atoms with E-state index in [-0.39, 0.29) is 11.2 Å². The van der Waals surface area contributed by atoms with Crippen LogP contribution in [0, 0.1) is 17.8 Å². The van der Waals surface area contributed by atoms with Crippen LogP contribution >= 0.6 is 11.6 Å². The van der Waals surface area contributed by atoms with Gasteiger partial charge in [-0.3, -0.25) is 4.79 Å². The number of hydrogen-bond donors (Lipinski definition) is 0. The number of carbonyl (C=O) groups excluding carboxylic acids is 1. The van der Waals surface area contributed by atoms with E-state index in [0.29, 0.717) is 24.9 Å². The number of halogens is 1. The lowest BCUT2D eigenvalue weighted by Gasteiger charge is -2.07. The first-order valence-corrected chi connectivity index (χ1v) is 7.20. The van der Waals surface area contributed by atoms with Gasteiger partial charge in [0.1, 0.15) is 10.9 Å². The van der Waals surface area contributed by atoms with Crippen molar-refractivity contribution in [2.24, 2.45) is 10.4 Å². The van der Waals surface area contributed by atoms with Crippen LogP contribution in [-0.4, -0.2) is 20.4 Å². The van der Waals surface area contributed by atoms with Crippen LogP contribution in [0.2, 0.25) is 5.28 Å². The highest BCUT2D eigenvalue weighted by atomic mass is 35.5. The number of amides is 1. The van der Waals surface area contributed by atoms with E-state index < -0.39 is 5.41 Å². The summed E-state index contributed by atoms with van der Waals surface area (Å²) in [4.78, 5) is 24.3. The second kappa shape index (κ2) is 5.74. The zero-order chi connectivity index (χ0) is 15.6. The van der Waals surface area contributed by atoms with Crippen LogP contribution in [0.1, 0.15) is 18.4 Å². The number of aromatic nitrogens is 3. The number of hydrogen-bond acceptors (Lipinski definition) is 3. The Balaban J connectivity index is 1.92. The molecular formula is C16H13ClN4O. The molecule has 0 spiro atoms. The SMILES string of the molecule is C#CC1(C(=O)N=c2ccccn2Cc2cnc(Cl)nc2)CC1. The summed E-state index contributed by atoms with van der Waals surface area (Å²) in [6.45, 7) is 0.493. The van der Waals surface area contributed by atoms with Gasteiger partial charge in [-0.15, -0.1) is 6.42 Å². The van der Waals surface area contributed by atoms with Crippen molar-refractivity contribution >= 4 is 17.5 Å². The number of rotatable bonds is 3. The predicted molar refractivity (Wildman–Crippen MR) is 81.6 cm³/mol. The Hall–Kier alpha value is -2.45. The lowest BCUT2D eigenvalue weighted by molar-refractivity contribution is -0.121. The van der Waals surface area contributed by atoms with E-state index in [1.54, 1.807) is 18.5 Å². The summed E-state index contributed by atoms with van der Waals surface area (Å²) in [7, 11) is 0. The summed E-state index contributed by atoms with van der Waals surface area (Å²) in [5, 5.41) is 0.201. The largest absolute Gasteiger partial charge is 0.328 e. The zero-order valence-corrected chi connectivity index (χ0v) is 12.5. The first kappa shape index (κ1) is 14.5. The monoisotopic (exact) mass is 312 g/mol. The zero-order valence-electron chi connectivity index (χ0n) is 11.7. The maximum absolute atomic E-state index is 12.2. The molecule has 0 radical (unpaired) electrons. The van der Waals surface area contributed by atoms with E-state index in [1.165, 1.54) is 0 Å². The van der Waals surface area contributed by atoms with Crippen molar-refractivity contribution in [1.82, 2.24) is 14.5 Å². The van der Waals surface area contributed by atoms with Crippen LogP contribution in [0.15, 0.2) is 41.8 Å². The molecule has 5 nitrogen and oxygen atoms in total. The van der Waals surface area contributed by atoms with Crippen molar-refractivity contribution in [3.63, 3.8) is 0 Å². The predicted octanol–water partition coefficient (Wildman–Crippen LogP) is 1.82. The lowest BCUT2D eigenvalue weighted by Crippen LogP contribution is -2.24. The average Bonchev–Trinajstić information content (AvgIpc) is 3.33. The molecule has 1 amide bonds. The summed E-state index contributed by atoms with van der Waals surface area (Å²) in [6, 6.07) is 5.48. The van der Waals surface area contributed by atoms with Crippen molar-refractivity contribution in [1.29, 1.82) is 0 Å². The number of nitrogens with zero attached hydrogens (tertiary/aromatic N) is 4. The van der Waals surface area contributed by atoms with Gasteiger partial charge in [-0.05, 0) is 36.6 Å². The third-order valence-electron chi connectivity index (χ3n) is 3.60. The van der Waals surface area contributed by atoms with Crippen molar-refractivity contribution in [2.75, 3.05) is 0 Å². The van der Waals surface area contributed by atoms with E-state index in [4.69, 9.17) is 18.0 Å². The normalized spacial score (nSPS) is 16.1. The van der Waals surface area contributed by atoms with Gasteiger partial charge in [0.25, 0.3) is 5.91 Å².